The van der Waals surface area contributed by atoms with Gasteiger partial charge in [-0.2, -0.15) is 0 Å². The van der Waals surface area contributed by atoms with Crippen LogP contribution >= 0.6 is 34.7 Å². The number of aryl methyl sites for hydroxylation is 1. The van der Waals surface area contributed by atoms with Crippen LogP contribution in [0.5, 0.6) is 5.75 Å². The molecule has 0 saturated heterocycles. The van der Waals surface area contributed by atoms with Crippen LogP contribution in [0.25, 0.3) is 15.9 Å². The van der Waals surface area contributed by atoms with Crippen molar-refractivity contribution in [2.24, 2.45) is 5.92 Å². The first-order chi connectivity index (χ1) is 16.9. The Kier molecular flexibility index (Phi) is 6.86. The van der Waals surface area contributed by atoms with E-state index in [9.17, 15) is 9.59 Å². The molecule has 6 nitrogen and oxygen atoms in total. The van der Waals surface area contributed by atoms with Crippen molar-refractivity contribution in [1.29, 1.82) is 0 Å². The molecule has 9 heteroatoms. The van der Waals surface area contributed by atoms with E-state index in [1.165, 1.54) is 16.6 Å². The summed E-state index contributed by atoms with van der Waals surface area (Å²) in [7, 11) is 1.60. The van der Waals surface area contributed by atoms with E-state index in [0.717, 1.165) is 29.7 Å². The van der Waals surface area contributed by atoms with Gasteiger partial charge in [-0.3, -0.25) is 14.2 Å². The summed E-state index contributed by atoms with van der Waals surface area (Å²) in [5, 5.41) is 4.59. The van der Waals surface area contributed by atoms with E-state index in [2.05, 4.69) is 12.2 Å². The van der Waals surface area contributed by atoms with Crippen molar-refractivity contribution in [3.8, 4) is 11.4 Å². The van der Waals surface area contributed by atoms with Crippen molar-refractivity contribution < 1.29 is 9.53 Å². The summed E-state index contributed by atoms with van der Waals surface area (Å²) >= 11 is 8.87. The quantitative estimate of drug-likeness (QED) is 0.248. The number of thioether (sulfide) groups is 1. The van der Waals surface area contributed by atoms with Gasteiger partial charge in [0.15, 0.2) is 5.16 Å². The number of amides is 1. The lowest BCUT2D eigenvalue weighted by Gasteiger charge is -2.18. The number of hydrogen-bond donors (Lipinski definition) is 1. The minimum Gasteiger partial charge on any atom is -0.497 e. The molecule has 1 amide bonds. The second kappa shape index (κ2) is 10.0. The Bertz CT molecular complexity index is 1460. The van der Waals surface area contributed by atoms with Gasteiger partial charge in [0, 0.05) is 15.6 Å². The fourth-order valence-corrected chi connectivity index (χ4v) is 6.75. The minimum atomic E-state index is -0.202. The molecule has 0 bridgehead atoms. The highest BCUT2D eigenvalue weighted by Crippen LogP contribution is 2.37. The molecule has 2 aromatic carbocycles. The molecule has 180 valence electrons. The highest BCUT2D eigenvalue weighted by atomic mass is 35.5. The smallest absolute Gasteiger partial charge is 0.267 e. The molecule has 1 N–H and O–H groups in total. The molecular weight excluding hydrogens is 502 g/mol. The number of aromatic nitrogens is 2. The molecule has 0 saturated carbocycles. The number of rotatable bonds is 6. The Morgan fingerprint density at radius 3 is 2.83 bits per heavy atom. The van der Waals surface area contributed by atoms with E-state index in [0.29, 0.717) is 38.6 Å². The first kappa shape index (κ1) is 23.9. The van der Waals surface area contributed by atoms with Crippen molar-refractivity contribution in [2.45, 2.75) is 31.3 Å². The van der Waals surface area contributed by atoms with Gasteiger partial charge >= 0.3 is 0 Å². The summed E-state index contributed by atoms with van der Waals surface area (Å²) in [4.78, 5) is 33.4. The molecule has 0 radical (unpaired) electrons. The van der Waals surface area contributed by atoms with Crippen LogP contribution in [0, 0.1) is 5.92 Å². The first-order valence-electron chi connectivity index (χ1n) is 11.3. The lowest BCUT2D eigenvalue weighted by atomic mass is 9.89. The third kappa shape index (κ3) is 4.96. The van der Waals surface area contributed by atoms with Crippen LogP contribution in [0.4, 0.5) is 5.69 Å². The van der Waals surface area contributed by atoms with Gasteiger partial charge in [-0.15, -0.1) is 11.3 Å². The molecule has 0 aliphatic heterocycles. The minimum absolute atomic E-state index is 0.0926. The van der Waals surface area contributed by atoms with Crippen LogP contribution in [0.2, 0.25) is 5.02 Å². The van der Waals surface area contributed by atoms with E-state index >= 15 is 0 Å². The zero-order valence-electron chi connectivity index (χ0n) is 19.3. The second-order valence-electron chi connectivity index (χ2n) is 8.61. The number of carbonyl (C=O) groups excluding carboxylic acids is 1. The van der Waals surface area contributed by atoms with Crippen molar-refractivity contribution in [2.75, 3.05) is 18.2 Å². The van der Waals surface area contributed by atoms with Crippen molar-refractivity contribution in [3.05, 3.63) is 74.3 Å². The maximum atomic E-state index is 13.9. The number of fused-ring (bicyclic) bond motifs is 3. The SMILES string of the molecule is COc1ccc(-n2c(SCC(=O)Nc3cccc(Cl)c3)nc3sc4c(c3c2=O)CCC(C)C4)cc1. The highest BCUT2D eigenvalue weighted by molar-refractivity contribution is 7.99. The average Bonchev–Trinajstić information content (AvgIpc) is 3.20. The van der Waals surface area contributed by atoms with E-state index in [4.69, 9.17) is 21.3 Å². The van der Waals surface area contributed by atoms with Crippen LogP contribution < -0.4 is 15.6 Å². The van der Waals surface area contributed by atoms with Gasteiger partial charge in [0.2, 0.25) is 5.91 Å². The maximum absolute atomic E-state index is 13.9. The van der Waals surface area contributed by atoms with Crippen LogP contribution in [0.1, 0.15) is 23.8 Å². The molecule has 1 unspecified atom stereocenters. The molecular formula is C26H24ClN3O3S2. The number of thiophene rings is 1. The second-order valence-corrected chi connectivity index (χ2v) is 11.1. The van der Waals surface area contributed by atoms with Gasteiger partial charge in [-0.05, 0) is 73.2 Å². The predicted molar refractivity (Wildman–Crippen MR) is 144 cm³/mol. The molecule has 5 rings (SSSR count). The van der Waals surface area contributed by atoms with Gasteiger partial charge in [-0.25, -0.2) is 4.98 Å². The molecule has 0 fully saturated rings. The number of benzene rings is 2. The number of carbonyl (C=O) groups is 1. The van der Waals surface area contributed by atoms with Crippen molar-refractivity contribution in [3.63, 3.8) is 0 Å². The third-order valence-electron chi connectivity index (χ3n) is 6.07. The molecule has 2 aromatic heterocycles. The first-order valence-corrected chi connectivity index (χ1v) is 13.5. The maximum Gasteiger partial charge on any atom is 0.267 e. The standard InChI is InChI=1S/C26H24ClN3O3S2/c1-15-6-11-20-21(12-15)35-24-23(20)25(32)30(18-7-9-19(33-2)10-8-18)26(29-24)34-14-22(31)28-17-5-3-4-16(27)13-17/h3-5,7-10,13,15H,6,11-12,14H2,1-2H3,(H,28,31). The van der Waals surface area contributed by atoms with Crippen molar-refractivity contribution >= 4 is 56.5 Å². The molecule has 0 spiro atoms. The molecule has 2 heterocycles. The lowest BCUT2D eigenvalue weighted by molar-refractivity contribution is -0.113. The summed E-state index contributed by atoms with van der Waals surface area (Å²) < 4.78 is 6.90. The Balaban J connectivity index is 1.53. The van der Waals surface area contributed by atoms with Crippen LogP contribution in [-0.2, 0) is 17.6 Å². The largest absolute Gasteiger partial charge is 0.497 e. The Morgan fingerprint density at radius 2 is 2.09 bits per heavy atom. The van der Waals surface area contributed by atoms with Gasteiger partial charge in [0.1, 0.15) is 10.6 Å². The van der Waals surface area contributed by atoms with Crippen LogP contribution in [-0.4, -0.2) is 28.3 Å². The number of halogens is 1. The molecule has 1 aliphatic rings. The van der Waals surface area contributed by atoms with E-state index in [-0.39, 0.29) is 17.2 Å². The topological polar surface area (TPSA) is 73.2 Å². The number of methoxy groups -OCH3 is 1. The van der Waals surface area contributed by atoms with E-state index in [1.807, 2.05) is 24.3 Å². The zero-order valence-corrected chi connectivity index (χ0v) is 21.7. The van der Waals surface area contributed by atoms with Crippen molar-refractivity contribution in [1.82, 2.24) is 9.55 Å². The monoisotopic (exact) mass is 525 g/mol. The number of ether oxygens (including phenoxy) is 1. The average molecular weight is 526 g/mol. The van der Waals surface area contributed by atoms with Gasteiger partial charge < -0.3 is 10.1 Å². The normalized spacial score (nSPS) is 15.1. The summed E-state index contributed by atoms with van der Waals surface area (Å²) in [6, 6.07) is 14.3. The fourth-order valence-electron chi connectivity index (χ4n) is 4.32. The number of nitrogens with zero attached hydrogens (tertiary/aromatic N) is 2. The predicted octanol–water partition coefficient (Wildman–Crippen LogP) is 5.96. The third-order valence-corrected chi connectivity index (χ3v) is 8.39. The van der Waals surface area contributed by atoms with Gasteiger partial charge in [0.25, 0.3) is 5.56 Å². The fraction of sp³-hybridized carbons (Fsp3) is 0.269. The molecule has 1 aliphatic carbocycles. The molecule has 1 atom stereocenters. The Hall–Kier alpha value is -2.81. The summed E-state index contributed by atoms with van der Waals surface area (Å²) in [6.45, 7) is 2.25. The van der Waals surface area contributed by atoms with Gasteiger partial charge in [-0.1, -0.05) is 36.4 Å². The zero-order chi connectivity index (χ0) is 24.5. The summed E-state index contributed by atoms with van der Waals surface area (Å²) in [5.74, 6) is 1.20. The lowest BCUT2D eigenvalue weighted by Crippen LogP contribution is -2.23. The van der Waals surface area contributed by atoms with E-state index < -0.39 is 0 Å². The Morgan fingerprint density at radius 1 is 1.29 bits per heavy atom. The summed E-state index contributed by atoms with van der Waals surface area (Å²) in [5.41, 5.74) is 2.36. The van der Waals surface area contributed by atoms with Crippen LogP contribution in [0.3, 0.4) is 0 Å². The number of hydrogen-bond acceptors (Lipinski definition) is 6. The number of anilines is 1. The van der Waals surface area contributed by atoms with Crippen LogP contribution in [0.15, 0.2) is 58.5 Å². The molecule has 4 aromatic rings. The van der Waals surface area contributed by atoms with Gasteiger partial charge in [0.05, 0.1) is 23.9 Å². The highest BCUT2D eigenvalue weighted by Gasteiger charge is 2.25. The Labute approximate surface area is 216 Å². The van der Waals surface area contributed by atoms with E-state index in [1.54, 1.807) is 47.3 Å². The number of nitrogens with one attached hydrogen (secondary N) is 1. The molecule has 35 heavy (non-hydrogen) atoms. The summed E-state index contributed by atoms with van der Waals surface area (Å²) in [6.07, 6.45) is 2.94.